The lowest BCUT2D eigenvalue weighted by Crippen LogP contribution is -2.31. The Morgan fingerprint density at radius 1 is 1.11 bits per heavy atom. The van der Waals surface area contributed by atoms with Gasteiger partial charge in [-0.3, -0.25) is 0 Å². The Labute approximate surface area is 117 Å². The van der Waals surface area contributed by atoms with Crippen LogP contribution < -0.4 is 0 Å². The summed E-state index contributed by atoms with van der Waals surface area (Å²) in [5.41, 5.74) is 0. The van der Waals surface area contributed by atoms with E-state index in [4.69, 9.17) is 23.2 Å². The highest BCUT2D eigenvalue weighted by molar-refractivity contribution is 7.89. The van der Waals surface area contributed by atoms with Crippen LogP contribution >= 0.6 is 23.2 Å². The first-order chi connectivity index (χ1) is 8.45. The molecule has 98 valence electrons. The molecule has 0 heterocycles. The fourth-order valence-corrected chi connectivity index (χ4v) is 3.89. The monoisotopic (exact) mass is 305 g/mol. The van der Waals surface area contributed by atoms with Gasteiger partial charge in [0.05, 0.1) is 10.0 Å². The Bertz CT molecular complexity index is 525. The lowest BCUT2D eigenvalue weighted by Gasteiger charge is -2.20. The molecule has 0 atom stereocenters. The van der Waals surface area contributed by atoms with Gasteiger partial charge in [-0.05, 0) is 12.1 Å². The SMILES string of the molecule is C=CCN(CC=C)S(=O)(=O)c1c(Cl)cccc1Cl. The second-order valence-corrected chi connectivity index (χ2v) is 6.14. The van der Waals surface area contributed by atoms with E-state index in [2.05, 4.69) is 13.2 Å². The number of sulfonamides is 1. The van der Waals surface area contributed by atoms with Gasteiger partial charge in [-0.15, -0.1) is 13.2 Å². The van der Waals surface area contributed by atoms with Crippen molar-refractivity contribution in [1.29, 1.82) is 0 Å². The van der Waals surface area contributed by atoms with Crippen molar-refractivity contribution in [2.75, 3.05) is 13.1 Å². The molecule has 0 aliphatic heterocycles. The molecule has 0 radical (unpaired) electrons. The summed E-state index contributed by atoms with van der Waals surface area (Å²) in [7, 11) is -3.76. The third-order valence-corrected chi connectivity index (χ3v) is 4.97. The van der Waals surface area contributed by atoms with Crippen molar-refractivity contribution in [2.24, 2.45) is 0 Å². The molecule has 0 saturated heterocycles. The summed E-state index contributed by atoms with van der Waals surface area (Å²) in [4.78, 5) is -0.0861. The van der Waals surface area contributed by atoms with E-state index in [1.165, 1.54) is 28.6 Å². The molecular formula is C12H13Cl2NO2S. The zero-order chi connectivity index (χ0) is 13.8. The highest BCUT2D eigenvalue weighted by Gasteiger charge is 2.27. The highest BCUT2D eigenvalue weighted by atomic mass is 35.5. The topological polar surface area (TPSA) is 37.4 Å². The smallest absolute Gasteiger partial charge is 0.207 e. The molecule has 0 N–H and O–H groups in total. The van der Waals surface area contributed by atoms with Gasteiger partial charge in [0.2, 0.25) is 10.0 Å². The molecule has 0 saturated carbocycles. The lowest BCUT2D eigenvalue weighted by atomic mass is 10.4. The van der Waals surface area contributed by atoms with Gasteiger partial charge in [-0.1, -0.05) is 41.4 Å². The van der Waals surface area contributed by atoms with Crippen molar-refractivity contribution in [3.05, 3.63) is 53.6 Å². The number of halogens is 2. The summed E-state index contributed by atoms with van der Waals surface area (Å²) in [6.45, 7) is 7.38. The third kappa shape index (κ3) is 3.14. The maximum atomic E-state index is 12.4. The van der Waals surface area contributed by atoms with Gasteiger partial charge in [-0.25, -0.2) is 8.42 Å². The van der Waals surface area contributed by atoms with Gasteiger partial charge in [-0.2, -0.15) is 4.31 Å². The zero-order valence-corrected chi connectivity index (χ0v) is 12.0. The third-order valence-electron chi connectivity index (χ3n) is 2.18. The van der Waals surface area contributed by atoms with Crippen molar-refractivity contribution in [1.82, 2.24) is 4.31 Å². The van der Waals surface area contributed by atoms with E-state index in [9.17, 15) is 8.42 Å². The van der Waals surface area contributed by atoms with E-state index in [0.29, 0.717) is 0 Å². The van der Waals surface area contributed by atoms with Crippen molar-refractivity contribution in [3.8, 4) is 0 Å². The van der Waals surface area contributed by atoms with Gasteiger partial charge in [0.15, 0.2) is 0 Å². The summed E-state index contributed by atoms with van der Waals surface area (Å²) < 4.78 is 26.0. The summed E-state index contributed by atoms with van der Waals surface area (Å²) >= 11 is 11.8. The number of hydrogen-bond acceptors (Lipinski definition) is 2. The standard InChI is InChI=1S/C12H13Cl2NO2S/c1-3-8-15(9-4-2)18(16,17)12-10(13)6-5-7-11(12)14/h3-7H,1-2,8-9H2. The first-order valence-corrected chi connectivity index (χ1v) is 7.30. The van der Waals surface area contributed by atoms with Crippen LogP contribution in [-0.2, 0) is 10.0 Å². The Morgan fingerprint density at radius 2 is 1.56 bits per heavy atom. The predicted octanol–water partition coefficient (Wildman–Crippen LogP) is 3.36. The Hall–Kier alpha value is -0.810. The summed E-state index contributed by atoms with van der Waals surface area (Å²) in [5, 5.41) is 0.196. The Kier molecular flexibility index (Phi) is 5.41. The van der Waals surface area contributed by atoms with E-state index in [1.54, 1.807) is 6.07 Å². The van der Waals surface area contributed by atoms with Crippen molar-refractivity contribution >= 4 is 33.2 Å². The Balaban J connectivity index is 3.34. The molecule has 1 aromatic rings. The minimum Gasteiger partial charge on any atom is -0.207 e. The maximum Gasteiger partial charge on any atom is 0.246 e. The fourth-order valence-electron chi connectivity index (χ4n) is 1.42. The van der Waals surface area contributed by atoms with E-state index >= 15 is 0 Å². The minimum atomic E-state index is -3.76. The molecule has 6 heteroatoms. The van der Waals surface area contributed by atoms with Gasteiger partial charge >= 0.3 is 0 Å². The first-order valence-electron chi connectivity index (χ1n) is 5.11. The van der Waals surface area contributed by atoms with Crippen LogP contribution in [-0.4, -0.2) is 25.8 Å². The van der Waals surface area contributed by atoms with Gasteiger partial charge < -0.3 is 0 Å². The summed E-state index contributed by atoms with van der Waals surface area (Å²) in [6.07, 6.45) is 2.98. The zero-order valence-electron chi connectivity index (χ0n) is 9.64. The van der Waals surface area contributed by atoms with E-state index < -0.39 is 10.0 Å². The molecule has 0 aliphatic rings. The molecule has 3 nitrogen and oxygen atoms in total. The summed E-state index contributed by atoms with van der Waals surface area (Å²) in [5.74, 6) is 0. The minimum absolute atomic E-state index is 0.0861. The van der Waals surface area contributed by atoms with E-state index in [-0.39, 0.29) is 28.0 Å². The molecule has 18 heavy (non-hydrogen) atoms. The molecule has 0 fully saturated rings. The molecular weight excluding hydrogens is 293 g/mol. The summed E-state index contributed by atoms with van der Waals surface area (Å²) in [6, 6.07) is 4.57. The van der Waals surface area contributed by atoms with Gasteiger partial charge in [0, 0.05) is 13.1 Å². The second-order valence-electron chi connectivity index (χ2n) is 3.45. The number of benzene rings is 1. The van der Waals surface area contributed by atoms with Crippen molar-refractivity contribution in [2.45, 2.75) is 4.90 Å². The van der Waals surface area contributed by atoms with Crippen LogP contribution in [0.15, 0.2) is 48.4 Å². The van der Waals surface area contributed by atoms with Crippen LogP contribution in [0.25, 0.3) is 0 Å². The lowest BCUT2D eigenvalue weighted by molar-refractivity contribution is 0.474. The normalized spacial score (nSPS) is 11.5. The van der Waals surface area contributed by atoms with Crippen LogP contribution in [0.2, 0.25) is 10.0 Å². The molecule has 0 spiro atoms. The van der Waals surface area contributed by atoms with Gasteiger partial charge in [0.25, 0.3) is 0 Å². The Morgan fingerprint density at radius 3 is 1.94 bits per heavy atom. The molecule has 0 amide bonds. The van der Waals surface area contributed by atoms with E-state index in [1.807, 2.05) is 0 Å². The van der Waals surface area contributed by atoms with E-state index in [0.717, 1.165) is 0 Å². The van der Waals surface area contributed by atoms with Gasteiger partial charge in [0.1, 0.15) is 4.90 Å². The average Bonchev–Trinajstić information content (AvgIpc) is 2.28. The average molecular weight is 306 g/mol. The highest BCUT2D eigenvalue weighted by Crippen LogP contribution is 2.31. The van der Waals surface area contributed by atoms with Crippen LogP contribution in [0.1, 0.15) is 0 Å². The van der Waals surface area contributed by atoms with Crippen LogP contribution in [0.3, 0.4) is 0 Å². The predicted molar refractivity (Wildman–Crippen MR) is 75.6 cm³/mol. The number of nitrogens with zero attached hydrogens (tertiary/aromatic N) is 1. The fraction of sp³-hybridized carbons (Fsp3) is 0.167. The van der Waals surface area contributed by atoms with Crippen LogP contribution in [0, 0.1) is 0 Å². The van der Waals surface area contributed by atoms with Crippen LogP contribution in [0.5, 0.6) is 0 Å². The molecule has 0 unspecified atom stereocenters. The molecule has 0 bridgehead atoms. The quantitative estimate of drug-likeness (QED) is 0.756. The first kappa shape index (κ1) is 15.2. The molecule has 1 aromatic carbocycles. The molecule has 0 aromatic heterocycles. The van der Waals surface area contributed by atoms with Crippen molar-refractivity contribution in [3.63, 3.8) is 0 Å². The van der Waals surface area contributed by atoms with Crippen LogP contribution in [0.4, 0.5) is 0 Å². The van der Waals surface area contributed by atoms with Crippen molar-refractivity contribution < 1.29 is 8.42 Å². The number of rotatable bonds is 6. The molecule has 1 rings (SSSR count). The number of hydrogen-bond donors (Lipinski definition) is 0. The maximum absolute atomic E-state index is 12.4. The molecule has 0 aliphatic carbocycles. The largest absolute Gasteiger partial charge is 0.246 e. The second kappa shape index (κ2) is 6.38.